The standard InChI is InChI=1S/C14H14N/c1-15(2)14-12-7-4-3-6-10(12)11-8-5-9-13(11)14/h3-9,14H,1-2H3/t14-/m1/s1. The lowest BCUT2D eigenvalue weighted by molar-refractivity contribution is 0.327. The average Bonchev–Trinajstić information content (AvgIpc) is 2.75. The first-order valence-corrected chi connectivity index (χ1v) is 5.30. The van der Waals surface area contributed by atoms with Gasteiger partial charge in [-0.15, -0.1) is 0 Å². The van der Waals surface area contributed by atoms with Crippen LogP contribution in [0.2, 0.25) is 0 Å². The van der Waals surface area contributed by atoms with Gasteiger partial charge in [0.15, 0.2) is 0 Å². The van der Waals surface area contributed by atoms with Crippen molar-refractivity contribution in [3.63, 3.8) is 0 Å². The molecule has 0 spiro atoms. The summed E-state index contributed by atoms with van der Waals surface area (Å²) in [7, 11) is 4.28. The summed E-state index contributed by atoms with van der Waals surface area (Å²) in [6, 6.07) is 9.14. The van der Waals surface area contributed by atoms with Gasteiger partial charge >= 0.3 is 0 Å². The molecule has 1 saturated carbocycles. The minimum absolute atomic E-state index is 0.436. The Bertz CT molecular complexity index is 369. The minimum atomic E-state index is 0.436. The van der Waals surface area contributed by atoms with Crippen molar-refractivity contribution in [1.29, 1.82) is 0 Å². The van der Waals surface area contributed by atoms with Crippen LogP contribution in [0.3, 0.4) is 0 Å². The zero-order valence-electron chi connectivity index (χ0n) is 9.07. The molecule has 1 heteroatoms. The van der Waals surface area contributed by atoms with E-state index in [0.29, 0.717) is 6.04 Å². The van der Waals surface area contributed by atoms with Gasteiger partial charge in [0.2, 0.25) is 0 Å². The first-order valence-electron chi connectivity index (χ1n) is 5.30. The molecule has 2 aliphatic rings. The molecule has 1 aromatic carbocycles. The summed E-state index contributed by atoms with van der Waals surface area (Å²) in [6.45, 7) is 0. The van der Waals surface area contributed by atoms with E-state index in [1.165, 1.54) is 23.0 Å². The normalized spacial score (nSPS) is 25.9. The lowest BCUT2D eigenvalue weighted by Crippen LogP contribution is -2.22. The van der Waals surface area contributed by atoms with E-state index in [-0.39, 0.29) is 0 Å². The van der Waals surface area contributed by atoms with Gasteiger partial charge < -0.3 is 4.90 Å². The zero-order chi connectivity index (χ0) is 10.4. The lowest BCUT2D eigenvalue weighted by Gasteiger charge is -2.25. The number of fused-ring (bicyclic) bond motifs is 3. The molecular weight excluding hydrogens is 182 g/mol. The largest absolute Gasteiger partial charge is 0.302 e. The van der Waals surface area contributed by atoms with Gasteiger partial charge in [-0.05, 0) is 44.5 Å². The molecule has 0 unspecified atom stereocenters. The fraction of sp³-hybridized carbons (Fsp3) is 0.214. The van der Waals surface area contributed by atoms with Crippen molar-refractivity contribution in [3.8, 4) is 0 Å². The molecule has 0 saturated heterocycles. The molecule has 0 aromatic heterocycles. The predicted octanol–water partition coefficient (Wildman–Crippen LogP) is 2.43. The van der Waals surface area contributed by atoms with Crippen LogP contribution in [0.1, 0.15) is 17.2 Å². The second-order valence-corrected chi connectivity index (χ2v) is 4.35. The van der Waals surface area contributed by atoms with Crippen LogP contribution in [0, 0.1) is 31.1 Å². The zero-order valence-corrected chi connectivity index (χ0v) is 9.07. The van der Waals surface area contributed by atoms with E-state index in [0.717, 1.165) is 0 Å². The highest BCUT2D eigenvalue weighted by molar-refractivity contribution is 5.67. The highest BCUT2D eigenvalue weighted by Crippen LogP contribution is 2.54. The highest BCUT2D eigenvalue weighted by Gasteiger charge is 2.45. The maximum absolute atomic E-state index is 2.28. The first kappa shape index (κ1) is 9.41. The Kier molecular flexibility index (Phi) is 2.10. The molecule has 0 amide bonds. The van der Waals surface area contributed by atoms with Crippen LogP contribution >= 0.6 is 0 Å². The van der Waals surface area contributed by atoms with Crippen molar-refractivity contribution in [2.45, 2.75) is 6.04 Å². The third kappa shape index (κ3) is 1.26. The van der Waals surface area contributed by atoms with Crippen LogP contribution in [-0.4, -0.2) is 19.0 Å². The van der Waals surface area contributed by atoms with E-state index in [2.05, 4.69) is 62.5 Å². The Labute approximate surface area is 92.1 Å². The van der Waals surface area contributed by atoms with Gasteiger partial charge in [0.25, 0.3) is 0 Å². The van der Waals surface area contributed by atoms with Crippen molar-refractivity contribution in [2.24, 2.45) is 0 Å². The number of rotatable bonds is 1. The third-order valence-corrected chi connectivity index (χ3v) is 3.21. The van der Waals surface area contributed by atoms with Gasteiger partial charge in [-0.1, -0.05) is 24.3 Å². The number of benzene rings is 1. The monoisotopic (exact) mass is 196 g/mol. The summed E-state index contributed by atoms with van der Waals surface area (Å²) in [6.07, 6.45) is 6.61. The second-order valence-electron chi connectivity index (χ2n) is 4.35. The van der Waals surface area contributed by atoms with Crippen LogP contribution in [-0.2, 0) is 0 Å². The smallest absolute Gasteiger partial charge is 0.0419 e. The molecule has 0 aliphatic heterocycles. The SMILES string of the molecule is CN(C)[C@H]1[C]2[CH][CH][CH][C]2c2ccccc21. The molecule has 0 heterocycles. The molecule has 75 valence electrons. The van der Waals surface area contributed by atoms with Crippen molar-refractivity contribution in [1.82, 2.24) is 4.90 Å². The molecule has 1 atom stereocenters. The Morgan fingerprint density at radius 1 is 1.07 bits per heavy atom. The summed E-state index contributed by atoms with van der Waals surface area (Å²) in [5.41, 5.74) is 2.84. The first-order chi connectivity index (χ1) is 7.29. The maximum atomic E-state index is 2.28. The van der Waals surface area contributed by atoms with Crippen LogP contribution in [0.15, 0.2) is 24.3 Å². The van der Waals surface area contributed by atoms with Crippen molar-refractivity contribution in [3.05, 3.63) is 66.5 Å². The van der Waals surface area contributed by atoms with E-state index < -0.39 is 0 Å². The average molecular weight is 196 g/mol. The summed E-state index contributed by atoms with van der Waals surface area (Å²) >= 11 is 0. The molecule has 0 bridgehead atoms. The van der Waals surface area contributed by atoms with Crippen molar-refractivity contribution < 1.29 is 0 Å². The molecule has 5 radical (unpaired) electrons. The van der Waals surface area contributed by atoms with Crippen LogP contribution in [0.5, 0.6) is 0 Å². The fourth-order valence-electron chi connectivity index (χ4n) is 2.62. The van der Waals surface area contributed by atoms with Gasteiger partial charge in [-0.2, -0.15) is 0 Å². The second kappa shape index (κ2) is 3.34. The predicted molar refractivity (Wildman–Crippen MR) is 61.4 cm³/mol. The Morgan fingerprint density at radius 3 is 2.67 bits per heavy atom. The molecular formula is C14H14N. The molecule has 3 rings (SSSR count). The molecule has 1 fully saturated rings. The van der Waals surface area contributed by atoms with E-state index in [4.69, 9.17) is 0 Å². The quantitative estimate of drug-likeness (QED) is 0.666. The molecule has 1 nitrogen and oxygen atoms in total. The Hall–Kier alpha value is -0.820. The summed E-state index contributed by atoms with van der Waals surface area (Å²) in [4.78, 5) is 2.28. The summed E-state index contributed by atoms with van der Waals surface area (Å²) < 4.78 is 0. The van der Waals surface area contributed by atoms with Gasteiger partial charge in [0, 0.05) is 17.9 Å². The summed E-state index contributed by atoms with van der Waals surface area (Å²) in [5, 5.41) is 0. The van der Waals surface area contributed by atoms with E-state index >= 15 is 0 Å². The van der Waals surface area contributed by atoms with Gasteiger partial charge in [-0.25, -0.2) is 0 Å². The van der Waals surface area contributed by atoms with E-state index in [1.807, 2.05) is 0 Å². The topological polar surface area (TPSA) is 3.24 Å². The fourth-order valence-corrected chi connectivity index (χ4v) is 2.62. The summed E-state index contributed by atoms with van der Waals surface area (Å²) in [5.74, 6) is 2.85. The number of hydrogen-bond acceptors (Lipinski definition) is 1. The minimum Gasteiger partial charge on any atom is -0.302 e. The van der Waals surface area contributed by atoms with Gasteiger partial charge in [-0.3, -0.25) is 0 Å². The molecule has 0 N–H and O–H groups in total. The van der Waals surface area contributed by atoms with Crippen LogP contribution in [0.4, 0.5) is 0 Å². The highest BCUT2D eigenvalue weighted by atomic mass is 15.1. The number of hydrogen-bond donors (Lipinski definition) is 0. The molecule has 1 aromatic rings. The molecule has 2 aliphatic carbocycles. The third-order valence-electron chi connectivity index (χ3n) is 3.21. The van der Waals surface area contributed by atoms with Crippen molar-refractivity contribution >= 4 is 0 Å². The van der Waals surface area contributed by atoms with Crippen molar-refractivity contribution in [2.75, 3.05) is 14.1 Å². The van der Waals surface area contributed by atoms with Gasteiger partial charge in [0.1, 0.15) is 0 Å². The Balaban J connectivity index is 2.09. The van der Waals surface area contributed by atoms with E-state index in [1.54, 1.807) is 0 Å². The maximum Gasteiger partial charge on any atom is 0.0419 e. The Morgan fingerprint density at radius 2 is 1.87 bits per heavy atom. The lowest BCUT2D eigenvalue weighted by atomic mass is 9.94. The van der Waals surface area contributed by atoms with E-state index in [9.17, 15) is 0 Å². The van der Waals surface area contributed by atoms with Gasteiger partial charge in [0.05, 0.1) is 0 Å². The molecule has 15 heavy (non-hydrogen) atoms. The number of nitrogens with zero attached hydrogens (tertiary/aromatic N) is 1. The van der Waals surface area contributed by atoms with Crippen LogP contribution < -0.4 is 0 Å². The van der Waals surface area contributed by atoms with Crippen LogP contribution in [0.25, 0.3) is 0 Å².